The number of hydrogen-bond donors (Lipinski definition) is 1. The van der Waals surface area contributed by atoms with Crippen LogP contribution in [-0.2, 0) is 24.9 Å². The Morgan fingerprint density at radius 2 is 1.36 bits per heavy atom. The molecule has 0 fully saturated rings. The van der Waals surface area contributed by atoms with Crippen LogP contribution in [-0.4, -0.2) is 27.2 Å². The number of rotatable bonds is 12. The molecule has 6 heteroatoms. The standard InChI is InChI=1S/C36H38BN2.C13H24O2.Ir/c1-21(2)26-19-28(22(3)4)34(29(20-26)23(5)6)37-30-12-9-10-15-33(30)39-35-31(37)13-11-14-32(35)38-36(39)27-17-24(7)16-25(8)18-27;1-5-10(6-2)12(14)9-13(15)11(7-3)8-4;/h9-17,19-23H,1-8H3;9-11,14H,5-8H2,1-4H3;/q-1;;/b;12-9-;. The van der Waals surface area contributed by atoms with Gasteiger partial charge in [-0.05, 0) is 83.2 Å². The first kappa shape index (κ1) is 44.0. The number of nitrogens with zero attached hydrogens (tertiary/aromatic N) is 2. The van der Waals surface area contributed by atoms with E-state index in [9.17, 15) is 9.90 Å². The zero-order chi connectivity index (χ0) is 39.4. The SMILES string of the molecule is CCC(CC)C(=O)/C=C(\O)C(CC)CC.Cc1[c-]c(-c2nc3cccc4c3n2-c2ccccc2B4c2c(C(C)C)cc(C(C)C)cc2C(C)C)cc(C)c1.[Ir]. The molecule has 1 aliphatic rings. The van der Waals surface area contributed by atoms with Gasteiger partial charge in [-0.15, -0.1) is 34.9 Å². The molecule has 4 aromatic carbocycles. The molecule has 293 valence electrons. The van der Waals surface area contributed by atoms with E-state index in [1.165, 1.54) is 55.9 Å². The molecule has 0 atom stereocenters. The predicted octanol–water partition coefficient (Wildman–Crippen LogP) is 11.2. The smallest absolute Gasteiger partial charge is 0.247 e. The number of aryl methyl sites for hydroxylation is 2. The van der Waals surface area contributed by atoms with Crippen molar-refractivity contribution < 1.29 is 30.0 Å². The molecule has 1 aromatic heterocycles. The molecule has 0 amide bonds. The van der Waals surface area contributed by atoms with Crippen molar-refractivity contribution in [3.8, 4) is 17.1 Å². The van der Waals surface area contributed by atoms with Gasteiger partial charge in [0.2, 0.25) is 6.71 Å². The van der Waals surface area contributed by atoms with Crippen LogP contribution in [0.3, 0.4) is 0 Å². The predicted molar refractivity (Wildman–Crippen MR) is 232 cm³/mol. The third kappa shape index (κ3) is 9.13. The topological polar surface area (TPSA) is 55.1 Å². The van der Waals surface area contributed by atoms with Crippen molar-refractivity contribution in [2.75, 3.05) is 0 Å². The Hall–Kier alpha value is -3.73. The number of fused-ring (bicyclic) bond motifs is 2. The van der Waals surface area contributed by atoms with Crippen LogP contribution in [0.5, 0.6) is 0 Å². The van der Waals surface area contributed by atoms with E-state index in [2.05, 4.69) is 133 Å². The Morgan fingerprint density at radius 1 is 0.782 bits per heavy atom. The van der Waals surface area contributed by atoms with E-state index in [-0.39, 0.29) is 50.2 Å². The molecular weight excluding hydrogens is 852 g/mol. The van der Waals surface area contributed by atoms with E-state index in [0.717, 1.165) is 48.2 Å². The summed E-state index contributed by atoms with van der Waals surface area (Å²) in [4.78, 5) is 17.0. The zero-order valence-electron chi connectivity index (χ0n) is 35.3. The number of hydrogen-bond acceptors (Lipinski definition) is 3. The molecule has 0 spiro atoms. The van der Waals surface area contributed by atoms with Gasteiger partial charge < -0.3 is 9.67 Å². The number of aliphatic hydroxyl groups excluding tert-OH is 1. The van der Waals surface area contributed by atoms with Gasteiger partial charge in [-0.25, -0.2) is 0 Å². The Morgan fingerprint density at radius 3 is 1.91 bits per heavy atom. The summed E-state index contributed by atoms with van der Waals surface area (Å²) in [5.74, 6) is 2.86. The third-order valence-corrected chi connectivity index (χ3v) is 11.4. The van der Waals surface area contributed by atoms with Crippen LogP contribution in [0.25, 0.3) is 28.1 Å². The van der Waals surface area contributed by atoms with Crippen LogP contribution in [0.4, 0.5) is 0 Å². The summed E-state index contributed by atoms with van der Waals surface area (Å²) in [7, 11) is 0. The summed E-state index contributed by atoms with van der Waals surface area (Å²) in [5.41, 5.74) is 15.5. The number of aliphatic hydroxyl groups is 1. The van der Waals surface area contributed by atoms with Crippen molar-refractivity contribution in [3.05, 3.63) is 112 Å². The van der Waals surface area contributed by atoms with Crippen molar-refractivity contribution in [2.45, 2.75) is 127 Å². The average Bonchev–Trinajstić information content (AvgIpc) is 3.53. The molecular formula is C49H62BIrN2O2-. The summed E-state index contributed by atoms with van der Waals surface area (Å²) in [5, 5.41) is 9.76. The largest absolute Gasteiger partial charge is 0.512 e. The van der Waals surface area contributed by atoms with Gasteiger partial charge in [-0.3, -0.25) is 9.78 Å². The van der Waals surface area contributed by atoms with Crippen molar-refractivity contribution in [1.82, 2.24) is 9.55 Å². The molecule has 2 heterocycles. The number of imidazole rings is 1. The van der Waals surface area contributed by atoms with Gasteiger partial charge in [0, 0.05) is 43.7 Å². The van der Waals surface area contributed by atoms with E-state index >= 15 is 0 Å². The van der Waals surface area contributed by atoms with Crippen molar-refractivity contribution in [2.24, 2.45) is 11.8 Å². The van der Waals surface area contributed by atoms with E-state index in [4.69, 9.17) is 4.98 Å². The van der Waals surface area contributed by atoms with E-state index in [1.54, 1.807) is 0 Å². The molecule has 1 N–H and O–H groups in total. The van der Waals surface area contributed by atoms with Crippen LogP contribution < -0.4 is 16.4 Å². The minimum absolute atomic E-state index is 0. The molecule has 4 nitrogen and oxygen atoms in total. The van der Waals surface area contributed by atoms with Crippen LogP contribution in [0.15, 0.2) is 78.6 Å². The maximum absolute atomic E-state index is 11.7. The molecule has 0 saturated heterocycles. The molecule has 0 unspecified atom stereocenters. The quantitative estimate of drug-likeness (QED) is 0.0576. The maximum atomic E-state index is 11.7. The molecule has 6 rings (SSSR count). The minimum atomic E-state index is 0. The van der Waals surface area contributed by atoms with E-state index < -0.39 is 0 Å². The summed E-state index contributed by atoms with van der Waals surface area (Å²) in [6, 6.07) is 28.6. The first-order chi connectivity index (χ1) is 25.8. The number of benzene rings is 4. The molecule has 0 aliphatic carbocycles. The molecule has 5 aromatic rings. The van der Waals surface area contributed by atoms with Crippen LogP contribution in [0.1, 0.15) is 140 Å². The first-order valence-corrected chi connectivity index (χ1v) is 20.5. The zero-order valence-corrected chi connectivity index (χ0v) is 37.7. The summed E-state index contributed by atoms with van der Waals surface area (Å²) in [6.07, 6.45) is 4.91. The average molecular weight is 914 g/mol. The Bertz CT molecular complexity index is 2090. The Labute approximate surface area is 345 Å². The normalized spacial score (nSPS) is 12.5. The second kappa shape index (κ2) is 18.9. The summed E-state index contributed by atoms with van der Waals surface area (Å²) < 4.78 is 2.40. The van der Waals surface area contributed by atoms with Gasteiger partial charge in [0.1, 0.15) is 0 Å². The molecule has 1 radical (unpaired) electrons. The van der Waals surface area contributed by atoms with Gasteiger partial charge in [0.05, 0.1) is 22.6 Å². The second-order valence-electron chi connectivity index (χ2n) is 16.3. The van der Waals surface area contributed by atoms with Crippen molar-refractivity contribution in [3.63, 3.8) is 0 Å². The van der Waals surface area contributed by atoms with Gasteiger partial charge >= 0.3 is 0 Å². The minimum Gasteiger partial charge on any atom is -0.512 e. The van der Waals surface area contributed by atoms with Gasteiger partial charge in [0.25, 0.3) is 0 Å². The molecule has 0 bridgehead atoms. The fourth-order valence-electron chi connectivity index (χ4n) is 8.35. The number of carbonyl (C=O) groups is 1. The molecule has 55 heavy (non-hydrogen) atoms. The maximum Gasteiger partial charge on any atom is 0.247 e. The number of para-hydroxylation sites is 2. The Balaban J connectivity index is 0.000000360. The summed E-state index contributed by atoms with van der Waals surface area (Å²) in [6.45, 7) is 26.5. The van der Waals surface area contributed by atoms with Crippen molar-refractivity contribution >= 4 is 39.9 Å². The van der Waals surface area contributed by atoms with Gasteiger partial charge in [-0.2, -0.15) is 0 Å². The van der Waals surface area contributed by atoms with Gasteiger partial charge in [-0.1, -0.05) is 131 Å². The fourth-order valence-corrected chi connectivity index (χ4v) is 8.35. The molecule has 0 saturated carbocycles. The van der Waals surface area contributed by atoms with Crippen LogP contribution >= 0.6 is 0 Å². The number of carbonyl (C=O) groups excluding carboxylic acids is 1. The van der Waals surface area contributed by atoms with Crippen molar-refractivity contribution in [1.29, 1.82) is 0 Å². The third-order valence-electron chi connectivity index (χ3n) is 11.4. The van der Waals surface area contributed by atoms with E-state index in [1.807, 2.05) is 27.7 Å². The van der Waals surface area contributed by atoms with Crippen LogP contribution in [0, 0.1) is 31.7 Å². The monoisotopic (exact) mass is 914 g/mol. The van der Waals surface area contributed by atoms with E-state index in [0.29, 0.717) is 17.8 Å². The number of aromatic nitrogens is 2. The van der Waals surface area contributed by atoms with Gasteiger partial charge in [0.15, 0.2) is 5.78 Å². The summed E-state index contributed by atoms with van der Waals surface area (Å²) >= 11 is 0. The first-order valence-electron chi connectivity index (χ1n) is 20.5. The second-order valence-corrected chi connectivity index (χ2v) is 16.3. The van der Waals surface area contributed by atoms with Crippen LogP contribution in [0.2, 0.25) is 0 Å². The molecule has 1 aliphatic heterocycles. The fraction of sp³-hybridized carbons (Fsp3) is 0.429. The Kier molecular flexibility index (Phi) is 15.2. The number of ketones is 1. The number of allylic oxidation sites excluding steroid dienone is 2.